The van der Waals surface area contributed by atoms with E-state index in [4.69, 9.17) is 9.47 Å². The first-order valence-corrected chi connectivity index (χ1v) is 5.03. The topological polar surface area (TPSA) is 38.7 Å². The molecule has 0 aliphatic rings. The molecule has 0 aliphatic carbocycles. The lowest BCUT2D eigenvalue weighted by Gasteiger charge is -2.22. The number of rotatable bonds is 7. The molecule has 1 N–H and O–H groups in total. The molecule has 0 saturated heterocycles. The lowest BCUT2D eigenvalue weighted by Crippen LogP contribution is -2.30. The van der Waals surface area contributed by atoms with Crippen LogP contribution in [-0.4, -0.2) is 36.6 Å². The van der Waals surface area contributed by atoms with Crippen molar-refractivity contribution < 1.29 is 14.6 Å². The van der Waals surface area contributed by atoms with Gasteiger partial charge in [0.05, 0.1) is 24.9 Å². The molecule has 13 heavy (non-hydrogen) atoms. The first-order valence-electron chi connectivity index (χ1n) is 5.03. The molecule has 0 aromatic heterocycles. The smallest absolute Gasteiger partial charge is 0.0810 e. The van der Waals surface area contributed by atoms with Gasteiger partial charge in [-0.25, -0.2) is 0 Å². The number of ether oxygens (including phenoxy) is 2. The Balaban J connectivity index is 3.57. The maximum Gasteiger partial charge on any atom is 0.0810 e. The molecule has 0 aromatic carbocycles. The normalized spacial score (nSPS) is 18.2. The quantitative estimate of drug-likeness (QED) is 0.662. The summed E-state index contributed by atoms with van der Waals surface area (Å²) in [4.78, 5) is 0. The molecule has 0 heterocycles. The van der Waals surface area contributed by atoms with Gasteiger partial charge in [0.2, 0.25) is 0 Å². The lowest BCUT2D eigenvalue weighted by atomic mass is 10.2. The number of hydrogen-bond acceptors (Lipinski definition) is 3. The molecule has 80 valence electrons. The maximum atomic E-state index is 9.43. The van der Waals surface area contributed by atoms with Crippen molar-refractivity contribution in [3.05, 3.63) is 0 Å². The highest BCUT2D eigenvalue weighted by atomic mass is 16.5. The van der Waals surface area contributed by atoms with Crippen molar-refractivity contribution in [3.63, 3.8) is 0 Å². The Hall–Kier alpha value is -0.120. The lowest BCUT2D eigenvalue weighted by molar-refractivity contribution is -0.0858. The van der Waals surface area contributed by atoms with Crippen LogP contribution in [0.3, 0.4) is 0 Å². The van der Waals surface area contributed by atoms with Crippen LogP contribution in [-0.2, 0) is 9.47 Å². The van der Waals surface area contributed by atoms with Crippen molar-refractivity contribution in [3.8, 4) is 0 Å². The van der Waals surface area contributed by atoms with Crippen LogP contribution in [0.4, 0.5) is 0 Å². The van der Waals surface area contributed by atoms with Gasteiger partial charge in [-0.15, -0.1) is 0 Å². The van der Waals surface area contributed by atoms with Crippen molar-refractivity contribution in [1.82, 2.24) is 0 Å². The van der Waals surface area contributed by atoms with Crippen LogP contribution in [0, 0.1) is 0 Å². The first kappa shape index (κ1) is 12.9. The van der Waals surface area contributed by atoms with Crippen LogP contribution in [0.2, 0.25) is 0 Å². The summed E-state index contributed by atoms with van der Waals surface area (Å²) in [5.74, 6) is 0. The minimum absolute atomic E-state index is 0.0520. The zero-order valence-corrected chi connectivity index (χ0v) is 9.12. The Labute approximate surface area is 81.0 Å². The van der Waals surface area contributed by atoms with Gasteiger partial charge in [0, 0.05) is 6.61 Å². The maximum absolute atomic E-state index is 9.43. The molecule has 0 aliphatic heterocycles. The van der Waals surface area contributed by atoms with Crippen molar-refractivity contribution in [2.45, 2.75) is 52.4 Å². The van der Waals surface area contributed by atoms with E-state index in [0.29, 0.717) is 13.2 Å². The third kappa shape index (κ3) is 6.02. The number of hydrogen-bond donors (Lipinski definition) is 1. The van der Waals surface area contributed by atoms with Crippen LogP contribution in [0.15, 0.2) is 0 Å². The molecule has 0 bridgehead atoms. The van der Waals surface area contributed by atoms with Crippen LogP contribution >= 0.6 is 0 Å². The largest absolute Gasteiger partial charge is 0.390 e. The molecule has 0 saturated carbocycles. The highest BCUT2D eigenvalue weighted by Crippen LogP contribution is 2.06. The van der Waals surface area contributed by atoms with Crippen molar-refractivity contribution in [2.75, 3.05) is 13.2 Å². The summed E-state index contributed by atoms with van der Waals surface area (Å²) in [6.45, 7) is 9.04. The van der Waals surface area contributed by atoms with Gasteiger partial charge >= 0.3 is 0 Å². The number of aliphatic hydroxyl groups is 1. The van der Waals surface area contributed by atoms with E-state index < -0.39 is 0 Å². The molecule has 0 amide bonds. The summed E-state index contributed by atoms with van der Waals surface area (Å²) in [5.41, 5.74) is 0. The third-order valence-corrected chi connectivity index (χ3v) is 1.96. The molecule has 0 radical (unpaired) electrons. The molecule has 3 atom stereocenters. The summed E-state index contributed by atoms with van der Waals surface area (Å²) in [6, 6.07) is 0. The second kappa shape index (κ2) is 7.30. The predicted octanol–water partition coefficient (Wildman–Crippen LogP) is 1.59. The predicted molar refractivity (Wildman–Crippen MR) is 52.8 cm³/mol. The average Bonchev–Trinajstić information content (AvgIpc) is 2.13. The van der Waals surface area contributed by atoms with Crippen LogP contribution < -0.4 is 0 Å². The fourth-order valence-electron chi connectivity index (χ4n) is 1.11. The summed E-state index contributed by atoms with van der Waals surface area (Å²) in [6.07, 6.45) is 0.295. The van der Waals surface area contributed by atoms with Gasteiger partial charge in [0.15, 0.2) is 0 Å². The van der Waals surface area contributed by atoms with E-state index >= 15 is 0 Å². The SMILES string of the molecule is CCOCC(C)OC(C)C(O)CC. The van der Waals surface area contributed by atoms with Gasteiger partial charge in [-0.05, 0) is 27.2 Å². The Bertz CT molecular complexity index is 117. The van der Waals surface area contributed by atoms with E-state index in [1.165, 1.54) is 0 Å². The summed E-state index contributed by atoms with van der Waals surface area (Å²) in [7, 11) is 0. The fourth-order valence-corrected chi connectivity index (χ4v) is 1.11. The molecule has 0 fully saturated rings. The second-order valence-corrected chi connectivity index (χ2v) is 3.29. The standard InChI is InChI=1S/C10H22O3/c1-5-10(11)9(4)13-8(3)7-12-6-2/h8-11H,5-7H2,1-4H3. The average molecular weight is 190 g/mol. The first-order chi connectivity index (χ1) is 6.11. The molecule has 3 heteroatoms. The van der Waals surface area contributed by atoms with E-state index in [1.807, 2.05) is 27.7 Å². The molecule has 0 rings (SSSR count). The Kier molecular flexibility index (Phi) is 7.23. The van der Waals surface area contributed by atoms with Gasteiger partial charge in [-0.1, -0.05) is 6.92 Å². The zero-order valence-electron chi connectivity index (χ0n) is 9.12. The van der Waals surface area contributed by atoms with Gasteiger partial charge in [-0.3, -0.25) is 0 Å². The minimum atomic E-state index is -0.371. The van der Waals surface area contributed by atoms with E-state index in [2.05, 4.69) is 0 Å². The number of aliphatic hydroxyl groups excluding tert-OH is 1. The van der Waals surface area contributed by atoms with Crippen molar-refractivity contribution in [1.29, 1.82) is 0 Å². The van der Waals surface area contributed by atoms with Crippen molar-refractivity contribution in [2.24, 2.45) is 0 Å². The summed E-state index contributed by atoms with van der Waals surface area (Å²) in [5, 5.41) is 9.43. The Morgan fingerprint density at radius 1 is 1.23 bits per heavy atom. The Morgan fingerprint density at radius 3 is 2.31 bits per heavy atom. The minimum Gasteiger partial charge on any atom is -0.390 e. The Morgan fingerprint density at radius 2 is 1.85 bits per heavy atom. The molecule has 0 spiro atoms. The summed E-state index contributed by atoms with van der Waals surface area (Å²) < 4.78 is 10.7. The molecule has 3 unspecified atom stereocenters. The summed E-state index contributed by atoms with van der Waals surface area (Å²) >= 11 is 0. The van der Waals surface area contributed by atoms with E-state index in [-0.39, 0.29) is 18.3 Å². The second-order valence-electron chi connectivity index (χ2n) is 3.29. The van der Waals surface area contributed by atoms with Gasteiger partial charge in [0.1, 0.15) is 0 Å². The molecule has 0 aromatic rings. The molecular weight excluding hydrogens is 168 g/mol. The van der Waals surface area contributed by atoms with E-state index in [1.54, 1.807) is 0 Å². The van der Waals surface area contributed by atoms with E-state index in [0.717, 1.165) is 6.42 Å². The van der Waals surface area contributed by atoms with Gasteiger partial charge in [0.25, 0.3) is 0 Å². The van der Waals surface area contributed by atoms with Gasteiger partial charge < -0.3 is 14.6 Å². The van der Waals surface area contributed by atoms with Crippen LogP contribution in [0.1, 0.15) is 34.1 Å². The van der Waals surface area contributed by atoms with Crippen LogP contribution in [0.5, 0.6) is 0 Å². The monoisotopic (exact) mass is 190 g/mol. The van der Waals surface area contributed by atoms with E-state index in [9.17, 15) is 5.11 Å². The molecule has 3 nitrogen and oxygen atoms in total. The van der Waals surface area contributed by atoms with Crippen LogP contribution in [0.25, 0.3) is 0 Å². The fraction of sp³-hybridized carbons (Fsp3) is 1.00. The zero-order chi connectivity index (χ0) is 10.3. The third-order valence-electron chi connectivity index (χ3n) is 1.96. The highest BCUT2D eigenvalue weighted by Gasteiger charge is 2.15. The van der Waals surface area contributed by atoms with Crippen molar-refractivity contribution >= 4 is 0 Å². The van der Waals surface area contributed by atoms with Gasteiger partial charge in [-0.2, -0.15) is 0 Å². The highest BCUT2D eigenvalue weighted by molar-refractivity contribution is 4.63. The molecular formula is C10H22O3.